The summed E-state index contributed by atoms with van der Waals surface area (Å²) in [5.41, 5.74) is 0.317. The molecule has 3 N–H and O–H groups in total. The second-order valence-corrected chi connectivity index (χ2v) is 9.11. The van der Waals surface area contributed by atoms with Gasteiger partial charge in [-0.3, -0.25) is 14.7 Å². The van der Waals surface area contributed by atoms with Crippen LogP contribution in [-0.4, -0.2) is 34.9 Å². The topological polar surface area (TPSA) is 165 Å². The molecule has 0 saturated heterocycles. The van der Waals surface area contributed by atoms with Crippen LogP contribution in [0.5, 0.6) is 0 Å². The van der Waals surface area contributed by atoms with Crippen molar-refractivity contribution in [3.8, 4) is 17.2 Å². The summed E-state index contributed by atoms with van der Waals surface area (Å²) in [6, 6.07) is 16.3. The summed E-state index contributed by atoms with van der Waals surface area (Å²) >= 11 is 9.84. The Bertz CT molecular complexity index is 1600. The number of carbonyl (C=O) groups excluding carboxylic acids is 1. The molecule has 0 saturated carbocycles. The number of anilines is 3. The molecule has 192 valence electrons. The molecule has 0 radical (unpaired) electrons. The van der Waals surface area contributed by atoms with E-state index in [0.717, 1.165) is 10.5 Å². The van der Waals surface area contributed by atoms with Crippen LogP contribution in [0.15, 0.2) is 70.9 Å². The van der Waals surface area contributed by atoms with Crippen LogP contribution in [0.25, 0.3) is 16.9 Å². The fourth-order valence-corrected chi connectivity index (χ4v) is 4.36. The Morgan fingerprint density at radius 2 is 1.82 bits per heavy atom. The summed E-state index contributed by atoms with van der Waals surface area (Å²) in [5.74, 6) is -2.09. The first-order valence-corrected chi connectivity index (χ1v) is 12.4. The smallest absolute Gasteiger partial charge is 0.272 e. The molecule has 1 amide bonds. The van der Waals surface area contributed by atoms with Crippen molar-refractivity contribution in [1.82, 2.24) is 15.1 Å². The number of halogens is 2. The number of carbonyl (C=O) groups is 1. The van der Waals surface area contributed by atoms with E-state index in [0.29, 0.717) is 10.6 Å². The number of aliphatic hydroxyl groups excluding tert-OH is 1. The molecule has 0 spiro atoms. The van der Waals surface area contributed by atoms with Gasteiger partial charge in [-0.1, -0.05) is 58.7 Å². The van der Waals surface area contributed by atoms with Crippen molar-refractivity contribution in [2.24, 2.45) is 0 Å². The van der Waals surface area contributed by atoms with E-state index in [2.05, 4.69) is 20.4 Å². The van der Waals surface area contributed by atoms with Gasteiger partial charge in [0.05, 0.1) is 23.0 Å². The number of aryl methyl sites for hydroxylation is 1. The maximum Gasteiger partial charge on any atom is 0.272 e. The van der Waals surface area contributed by atoms with E-state index >= 15 is 0 Å². The summed E-state index contributed by atoms with van der Waals surface area (Å²) in [6.45, 7) is 1.49. The Kier molecular flexibility index (Phi) is 8.04. The van der Waals surface area contributed by atoms with Gasteiger partial charge >= 0.3 is 0 Å². The molecule has 0 fully saturated rings. The van der Waals surface area contributed by atoms with Crippen LogP contribution in [0.2, 0.25) is 10.2 Å². The van der Waals surface area contributed by atoms with Crippen molar-refractivity contribution in [2.75, 3.05) is 9.62 Å². The fourth-order valence-electron chi connectivity index (χ4n) is 3.38. The number of hydrogen-bond donors (Lipinski definition) is 3. The lowest BCUT2D eigenvalue weighted by Crippen LogP contribution is -2.23. The predicted molar refractivity (Wildman–Crippen MR) is 142 cm³/mol. The molecule has 0 aliphatic carbocycles. The lowest BCUT2D eigenvalue weighted by atomic mass is 10.1. The Morgan fingerprint density at radius 1 is 1.13 bits per heavy atom. The zero-order chi connectivity index (χ0) is 27.4. The van der Waals surface area contributed by atoms with Gasteiger partial charge in [0.15, 0.2) is 17.2 Å². The van der Waals surface area contributed by atoms with Gasteiger partial charge in [0.1, 0.15) is 17.0 Å². The first-order chi connectivity index (χ1) is 18.2. The number of benzene rings is 2. The molecule has 11 nitrogen and oxygen atoms in total. The number of amides is 1. The number of nitrogens with one attached hydrogen (secondary N) is 1. The maximum absolute atomic E-state index is 12.9. The highest BCUT2D eigenvalue weighted by molar-refractivity contribution is 7.81. The van der Waals surface area contributed by atoms with E-state index in [1.54, 1.807) is 36.4 Å². The first-order valence-electron chi connectivity index (χ1n) is 10.6. The molecule has 1 unspecified atom stereocenters. The van der Waals surface area contributed by atoms with Crippen LogP contribution in [0.1, 0.15) is 11.3 Å². The van der Waals surface area contributed by atoms with E-state index in [4.69, 9.17) is 27.7 Å². The number of aliphatic hydroxyl groups is 1. The van der Waals surface area contributed by atoms with E-state index in [9.17, 15) is 23.9 Å². The van der Waals surface area contributed by atoms with Crippen LogP contribution in [0, 0.1) is 18.3 Å². The molecule has 4 aromatic rings. The highest BCUT2D eigenvalue weighted by atomic mass is 35.5. The molecule has 4 rings (SSSR count). The molecule has 2 aromatic heterocycles. The average Bonchev–Trinajstić information content (AvgIpc) is 3.31. The monoisotopic (exact) mass is 570 g/mol. The lowest BCUT2D eigenvalue weighted by Gasteiger charge is -2.23. The van der Waals surface area contributed by atoms with Crippen molar-refractivity contribution >= 4 is 63.6 Å². The normalized spacial score (nSPS) is 12.3. The van der Waals surface area contributed by atoms with Gasteiger partial charge in [-0.05, 0) is 36.8 Å². The number of hydrogen-bond acceptors (Lipinski definition) is 8. The first kappa shape index (κ1) is 26.8. The largest absolute Gasteiger partial charge is 0.506 e. The van der Waals surface area contributed by atoms with Gasteiger partial charge in [0.2, 0.25) is 5.95 Å². The molecular formula is C24H16Cl2N6O5S. The Balaban J connectivity index is 1.85. The highest BCUT2D eigenvalue weighted by Crippen LogP contribution is 2.39. The summed E-state index contributed by atoms with van der Waals surface area (Å²) in [4.78, 5) is 21.3. The predicted octanol–water partition coefficient (Wildman–Crippen LogP) is 5.45. The maximum atomic E-state index is 12.9. The highest BCUT2D eigenvalue weighted by Gasteiger charge is 2.27. The average molecular weight is 571 g/mol. The van der Waals surface area contributed by atoms with Crippen molar-refractivity contribution in [2.45, 2.75) is 6.92 Å². The molecule has 0 bridgehead atoms. The van der Waals surface area contributed by atoms with Gasteiger partial charge in [-0.25, -0.2) is 8.51 Å². The third-order valence-corrected chi connectivity index (χ3v) is 6.35. The third kappa shape index (κ3) is 5.51. The van der Waals surface area contributed by atoms with Crippen LogP contribution in [0.3, 0.4) is 0 Å². The zero-order valence-corrected chi connectivity index (χ0v) is 21.6. The number of aromatic nitrogens is 3. The second kappa shape index (κ2) is 11.4. The van der Waals surface area contributed by atoms with Crippen molar-refractivity contribution in [1.29, 1.82) is 5.26 Å². The number of nitriles is 1. The Labute approximate surface area is 228 Å². The van der Waals surface area contributed by atoms with Crippen LogP contribution in [-0.2, 0) is 16.1 Å². The Hall–Kier alpha value is -4.28. The van der Waals surface area contributed by atoms with Crippen LogP contribution in [0.4, 0.5) is 17.5 Å². The molecule has 2 heterocycles. The standard InChI is InChI=1S/C24H16Cl2N6O5S/c1-13-18(12-28-37-13)20(33)17(11-27)23(34)31-24-29-21(26)19(14-5-3-2-4-6-14)22(30-24)32(38(35)36)16-9-7-15(25)8-10-16/h2-10,12,33H,1H3,(H,35,36)(H,29,30,31,34)/b20-17-. The van der Waals surface area contributed by atoms with Gasteiger partial charge in [-0.15, -0.1) is 0 Å². The van der Waals surface area contributed by atoms with E-state index in [1.165, 1.54) is 31.2 Å². The SMILES string of the molecule is Cc1oncc1/C(O)=C(\C#N)C(=O)Nc1nc(Cl)c(-c2ccccc2)c(N(c2ccc(Cl)cc2)S(=O)O)n1. The summed E-state index contributed by atoms with van der Waals surface area (Å²) in [7, 11) is 0. The van der Waals surface area contributed by atoms with Crippen molar-refractivity contribution in [3.63, 3.8) is 0 Å². The summed E-state index contributed by atoms with van der Waals surface area (Å²) in [5, 5.41) is 26.1. The van der Waals surface area contributed by atoms with Crippen molar-refractivity contribution in [3.05, 3.63) is 87.9 Å². The number of rotatable bonds is 7. The zero-order valence-electron chi connectivity index (χ0n) is 19.3. The van der Waals surface area contributed by atoms with E-state index in [1.807, 2.05) is 0 Å². The molecule has 0 aliphatic heterocycles. The van der Waals surface area contributed by atoms with Crippen LogP contribution < -0.4 is 9.62 Å². The minimum Gasteiger partial charge on any atom is -0.506 e. The van der Waals surface area contributed by atoms with Gasteiger partial charge in [0, 0.05) is 5.02 Å². The second-order valence-electron chi connectivity index (χ2n) is 7.49. The minimum absolute atomic E-state index is 0.0420. The molecular weight excluding hydrogens is 555 g/mol. The molecule has 0 aliphatic rings. The molecule has 14 heteroatoms. The molecule has 38 heavy (non-hydrogen) atoms. The minimum atomic E-state index is -2.66. The van der Waals surface area contributed by atoms with E-state index in [-0.39, 0.29) is 33.5 Å². The van der Waals surface area contributed by atoms with Crippen LogP contribution >= 0.6 is 23.2 Å². The van der Waals surface area contributed by atoms with E-state index < -0.39 is 34.5 Å². The van der Waals surface area contributed by atoms with Crippen molar-refractivity contribution < 1.29 is 23.2 Å². The van der Waals surface area contributed by atoms with Gasteiger partial charge in [-0.2, -0.15) is 15.2 Å². The van der Waals surface area contributed by atoms with Gasteiger partial charge < -0.3 is 9.63 Å². The summed E-state index contributed by atoms with van der Waals surface area (Å²) in [6.07, 6.45) is 1.15. The molecule has 1 atom stereocenters. The summed E-state index contributed by atoms with van der Waals surface area (Å²) < 4.78 is 28.6. The Morgan fingerprint density at radius 3 is 2.39 bits per heavy atom. The quantitative estimate of drug-likeness (QED) is 0.0859. The third-order valence-electron chi connectivity index (χ3n) is 5.12. The van der Waals surface area contributed by atoms with Gasteiger partial charge in [0.25, 0.3) is 17.2 Å². The fraction of sp³-hybridized carbons (Fsp3) is 0.0417. The number of nitrogens with zero attached hydrogens (tertiary/aromatic N) is 5. The lowest BCUT2D eigenvalue weighted by molar-refractivity contribution is -0.112. The molecule has 2 aromatic carbocycles.